The van der Waals surface area contributed by atoms with Crippen LogP contribution in [0.1, 0.15) is 10.6 Å². The first-order chi connectivity index (χ1) is 8.00. The van der Waals surface area contributed by atoms with Gasteiger partial charge in [-0.05, 0) is 26.2 Å². The van der Waals surface area contributed by atoms with Gasteiger partial charge in [-0.3, -0.25) is 9.59 Å². The Hall–Kier alpha value is -1.82. The Kier molecular flexibility index (Phi) is 4.71. The summed E-state index contributed by atoms with van der Waals surface area (Å²) in [5.74, 6) is -1.28. The van der Waals surface area contributed by atoms with Gasteiger partial charge in [-0.25, -0.2) is 0 Å². The summed E-state index contributed by atoms with van der Waals surface area (Å²) in [5, 5.41) is 8.76. The molecular formula is C11H16N2O4. The molecule has 6 nitrogen and oxygen atoms in total. The number of hydrogen-bond donors (Lipinski definition) is 1. The molecule has 1 N–H and O–H groups in total. The van der Waals surface area contributed by atoms with E-state index >= 15 is 0 Å². The maximum Gasteiger partial charge on any atom is 0.323 e. The van der Waals surface area contributed by atoms with Gasteiger partial charge in [0, 0.05) is 13.1 Å². The highest BCUT2D eigenvalue weighted by atomic mass is 16.4. The second-order valence-corrected chi connectivity index (χ2v) is 3.90. The van der Waals surface area contributed by atoms with Gasteiger partial charge in [0.15, 0.2) is 5.76 Å². The van der Waals surface area contributed by atoms with E-state index in [2.05, 4.69) is 0 Å². The van der Waals surface area contributed by atoms with Crippen molar-refractivity contribution in [2.75, 3.05) is 33.7 Å². The van der Waals surface area contributed by atoms with Crippen LogP contribution in [0.4, 0.5) is 0 Å². The molecule has 0 aromatic carbocycles. The van der Waals surface area contributed by atoms with Crippen molar-refractivity contribution in [2.24, 2.45) is 0 Å². The van der Waals surface area contributed by atoms with Crippen LogP contribution in [0.3, 0.4) is 0 Å². The molecule has 0 saturated carbocycles. The molecule has 0 aliphatic carbocycles. The molecule has 0 unspecified atom stereocenters. The van der Waals surface area contributed by atoms with Crippen molar-refractivity contribution in [1.82, 2.24) is 9.80 Å². The second-order valence-electron chi connectivity index (χ2n) is 3.90. The number of nitrogens with zero attached hydrogens (tertiary/aromatic N) is 2. The van der Waals surface area contributed by atoms with Crippen LogP contribution < -0.4 is 0 Å². The fourth-order valence-corrected chi connectivity index (χ4v) is 1.29. The van der Waals surface area contributed by atoms with E-state index in [9.17, 15) is 9.59 Å². The van der Waals surface area contributed by atoms with Crippen molar-refractivity contribution in [3.8, 4) is 0 Å². The largest absolute Gasteiger partial charge is 0.480 e. The van der Waals surface area contributed by atoms with E-state index in [4.69, 9.17) is 9.52 Å². The van der Waals surface area contributed by atoms with Crippen LogP contribution in [-0.2, 0) is 4.79 Å². The number of amides is 1. The molecule has 6 heteroatoms. The van der Waals surface area contributed by atoms with Gasteiger partial charge in [0.2, 0.25) is 0 Å². The van der Waals surface area contributed by atoms with Crippen molar-refractivity contribution in [3.63, 3.8) is 0 Å². The number of rotatable bonds is 6. The van der Waals surface area contributed by atoms with Crippen LogP contribution in [0.15, 0.2) is 22.8 Å². The molecule has 1 rings (SSSR count). The van der Waals surface area contributed by atoms with Gasteiger partial charge in [-0.1, -0.05) is 0 Å². The van der Waals surface area contributed by atoms with Crippen LogP contribution in [0.25, 0.3) is 0 Å². The van der Waals surface area contributed by atoms with Crippen molar-refractivity contribution in [3.05, 3.63) is 24.2 Å². The Morgan fingerprint density at radius 2 is 2.06 bits per heavy atom. The van der Waals surface area contributed by atoms with Crippen LogP contribution in [-0.4, -0.2) is 60.5 Å². The van der Waals surface area contributed by atoms with Gasteiger partial charge in [-0.2, -0.15) is 0 Å². The lowest BCUT2D eigenvalue weighted by Crippen LogP contribution is -2.39. The molecule has 0 bridgehead atoms. The molecular weight excluding hydrogens is 224 g/mol. The molecule has 94 valence electrons. The number of hydrogen-bond acceptors (Lipinski definition) is 4. The van der Waals surface area contributed by atoms with Gasteiger partial charge in [0.05, 0.1) is 6.26 Å². The molecule has 1 aromatic rings. The minimum absolute atomic E-state index is 0.157. The van der Waals surface area contributed by atoms with Gasteiger partial charge in [-0.15, -0.1) is 0 Å². The summed E-state index contributed by atoms with van der Waals surface area (Å²) in [6, 6.07) is 3.12. The number of carboxylic acids is 1. The zero-order chi connectivity index (χ0) is 12.8. The topological polar surface area (TPSA) is 74.0 Å². The smallest absolute Gasteiger partial charge is 0.323 e. The number of carbonyl (C=O) groups is 2. The summed E-state index contributed by atoms with van der Waals surface area (Å²) in [6.07, 6.45) is 1.39. The molecule has 0 aliphatic heterocycles. The zero-order valence-corrected chi connectivity index (χ0v) is 9.92. The first-order valence-corrected chi connectivity index (χ1v) is 5.20. The van der Waals surface area contributed by atoms with Crippen LogP contribution in [0.5, 0.6) is 0 Å². The summed E-state index contributed by atoms with van der Waals surface area (Å²) in [5.41, 5.74) is 0. The molecule has 1 heterocycles. The molecule has 0 spiro atoms. The molecule has 0 fully saturated rings. The standard InChI is InChI=1S/C11H16N2O4/c1-12(2)5-6-13(8-10(14)15)11(16)9-4-3-7-17-9/h3-4,7H,5-6,8H2,1-2H3,(H,14,15). The Balaban J connectivity index is 2.68. The highest BCUT2D eigenvalue weighted by Gasteiger charge is 2.20. The quantitative estimate of drug-likeness (QED) is 0.777. The third-order valence-electron chi connectivity index (χ3n) is 2.16. The van der Waals surface area contributed by atoms with Gasteiger partial charge in [0.25, 0.3) is 5.91 Å². The number of carboxylic acid groups (broad SMARTS) is 1. The Morgan fingerprint density at radius 1 is 1.35 bits per heavy atom. The third kappa shape index (κ3) is 4.28. The fraction of sp³-hybridized carbons (Fsp3) is 0.455. The summed E-state index contributed by atoms with van der Waals surface area (Å²) in [6.45, 7) is 0.617. The predicted molar refractivity (Wildman–Crippen MR) is 60.8 cm³/mol. The minimum Gasteiger partial charge on any atom is -0.480 e. The summed E-state index contributed by atoms with van der Waals surface area (Å²) < 4.78 is 4.97. The van der Waals surface area contributed by atoms with Crippen molar-refractivity contribution in [2.45, 2.75) is 0 Å². The average Bonchev–Trinajstić information content (AvgIpc) is 2.75. The van der Waals surface area contributed by atoms with E-state index in [1.807, 2.05) is 19.0 Å². The Bertz CT molecular complexity index is 373. The minimum atomic E-state index is -1.04. The molecule has 17 heavy (non-hydrogen) atoms. The molecule has 0 atom stereocenters. The molecule has 0 radical (unpaired) electrons. The van der Waals surface area contributed by atoms with E-state index in [0.29, 0.717) is 13.1 Å². The lowest BCUT2D eigenvalue weighted by Gasteiger charge is -2.21. The summed E-state index contributed by atoms with van der Waals surface area (Å²) in [4.78, 5) is 25.7. The number of aliphatic carboxylic acids is 1. The summed E-state index contributed by atoms with van der Waals surface area (Å²) in [7, 11) is 3.71. The van der Waals surface area contributed by atoms with Crippen LogP contribution in [0, 0.1) is 0 Å². The maximum absolute atomic E-state index is 11.9. The molecule has 0 aliphatic rings. The van der Waals surface area contributed by atoms with E-state index in [-0.39, 0.29) is 12.3 Å². The van der Waals surface area contributed by atoms with Crippen molar-refractivity contribution < 1.29 is 19.1 Å². The van der Waals surface area contributed by atoms with E-state index in [1.165, 1.54) is 17.2 Å². The monoisotopic (exact) mass is 240 g/mol. The maximum atomic E-state index is 11.9. The molecule has 0 saturated heterocycles. The van der Waals surface area contributed by atoms with Crippen LogP contribution in [0.2, 0.25) is 0 Å². The first-order valence-electron chi connectivity index (χ1n) is 5.20. The molecule has 1 amide bonds. The van der Waals surface area contributed by atoms with Gasteiger partial charge >= 0.3 is 5.97 Å². The highest BCUT2D eigenvalue weighted by Crippen LogP contribution is 2.05. The first kappa shape index (κ1) is 13.2. The van der Waals surface area contributed by atoms with Crippen molar-refractivity contribution in [1.29, 1.82) is 0 Å². The lowest BCUT2D eigenvalue weighted by atomic mass is 10.3. The van der Waals surface area contributed by atoms with E-state index < -0.39 is 11.9 Å². The highest BCUT2D eigenvalue weighted by molar-refractivity contribution is 5.93. The zero-order valence-electron chi connectivity index (χ0n) is 9.92. The Labute approximate surface area is 99.4 Å². The number of carbonyl (C=O) groups excluding carboxylic acids is 1. The molecule has 1 aromatic heterocycles. The number of furan rings is 1. The van der Waals surface area contributed by atoms with E-state index in [1.54, 1.807) is 6.07 Å². The summed E-state index contributed by atoms with van der Waals surface area (Å²) >= 11 is 0. The fourth-order valence-electron chi connectivity index (χ4n) is 1.29. The number of likely N-dealkylation sites (N-methyl/N-ethyl adjacent to an activating group) is 1. The second kappa shape index (κ2) is 6.05. The van der Waals surface area contributed by atoms with Gasteiger partial charge < -0.3 is 19.3 Å². The normalized spacial score (nSPS) is 10.5. The predicted octanol–water partition coefficient (Wildman–Crippen LogP) is 0.368. The van der Waals surface area contributed by atoms with Crippen LogP contribution >= 0.6 is 0 Å². The lowest BCUT2D eigenvalue weighted by molar-refractivity contribution is -0.137. The van der Waals surface area contributed by atoms with E-state index in [0.717, 1.165) is 0 Å². The van der Waals surface area contributed by atoms with Gasteiger partial charge in [0.1, 0.15) is 6.54 Å². The van der Waals surface area contributed by atoms with Crippen molar-refractivity contribution >= 4 is 11.9 Å². The SMILES string of the molecule is CN(C)CCN(CC(=O)O)C(=O)c1ccco1. The Morgan fingerprint density at radius 3 is 2.53 bits per heavy atom. The average molecular weight is 240 g/mol. The third-order valence-corrected chi connectivity index (χ3v) is 2.16.